The summed E-state index contributed by atoms with van der Waals surface area (Å²) in [6.07, 6.45) is 6.67. The topological polar surface area (TPSA) is 72.6 Å². The maximum absolute atomic E-state index is 14.0. The first-order valence-electron chi connectivity index (χ1n) is 12.8. The molecular formula is C28H37ClF3NO3. The van der Waals surface area contributed by atoms with Crippen molar-refractivity contribution in [2.24, 2.45) is 5.73 Å². The lowest BCUT2D eigenvalue weighted by molar-refractivity contribution is -0.139. The van der Waals surface area contributed by atoms with Gasteiger partial charge in [0.2, 0.25) is 5.91 Å². The van der Waals surface area contributed by atoms with Gasteiger partial charge in [-0.05, 0) is 42.2 Å². The monoisotopic (exact) mass is 527 g/mol. The Morgan fingerprint density at radius 3 is 2.14 bits per heavy atom. The molecule has 200 valence electrons. The number of nitrogens with two attached hydrogens (primary N) is 1. The predicted molar refractivity (Wildman–Crippen MR) is 139 cm³/mol. The van der Waals surface area contributed by atoms with Crippen LogP contribution in [0.3, 0.4) is 0 Å². The van der Waals surface area contributed by atoms with Crippen LogP contribution in [0.2, 0.25) is 5.02 Å². The zero-order valence-electron chi connectivity index (χ0n) is 20.9. The van der Waals surface area contributed by atoms with Crippen molar-refractivity contribution in [3.05, 3.63) is 52.0 Å². The van der Waals surface area contributed by atoms with E-state index in [1.807, 2.05) is 0 Å². The highest BCUT2D eigenvalue weighted by Gasteiger charge is 2.38. The minimum absolute atomic E-state index is 0.144. The number of rotatable bonds is 16. The fraction of sp³-hybridized carbons (Fsp3) is 0.536. The number of unbranched alkanes of at least 4 members (excludes halogenated alkanes) is 9. The van der Waals surface area contributed by atoms with Crippen LogP contribution in [0, 0.1) is 0 Å². The first-order valence-corrected chi connectivity index (χ1v) is 13.1. The fourth-order valence-corrected chi connectivity index (χ4v) is 4.62. The number of aliphatic hydroxyl groups is 1. The van der Waals surface area contributed by atoms with E-state index in [0.717, 1.165) is 25.3 Å². The quantitative estimate of drug-likeness (QED) is 0.217. The van der Waals surface area contributed by atoms with Crippen LogP contribution in [0.25, 0.3) is 11.1 Å². The van der Waals surface area contributed by atoms with E-state index in [1.54, 1.807) is 18.2 Å². The molecule has 0 aliphatic heterocycles. The second-order valence-electron chi connectivity index (χ2n) is 9.03. The Balaban J connectivity index is 2.36. The van der Waals surface area contributed by atoms with Crippen molar-refractivity contribution in [2.75, 3.05) is 13.2 Å². The summed E-state index contributed by atoms with van der Waals surface area (Å²) >= 11 is 6.16. The van der Waals surface area contributed by atoms with Gasteiger partial charge in [0.05, 0.1) is 12.2 Å². The first kappa shape index (κ1) is 30.0. The molecule has 0 aliphatic carbocycles. The summed E-state index contributed by atoms with van der Waals surface area (Å²) in [6, 6.07) is 7.18. The normalized spacial score (nSPS) is 11.6. The lowest BCUT2D eigenvalue weighted by atomic mass is 9.88. The van der Waals surface area contributed by atoms with Gasteiger partial charge in [0.15, 0.2) is 0 Å². The molecule has 0 bridgehead atoms. The second-order valence-corrected chi connectivity index (χ2v) is 9.47. The molecule has 0 aromatic heterocycles. The molecular weight excluding hydrogens is 491 g/mol. The molecule has 0 unspecified atom stereocenters. The van der Waals surface area contributed by atoms with Crippen LogP contribution in [0.5, 0.6) is 5.75 Å². The highest BCUT2D eigenvalue weighted by Crippen LogP contribution is 2.46. The fourth-order valence-electron chi connectivity index (χ4n) is 4.43. The van der Waals surface area contributed by atoms with Crippen molar-refractivity contribution in [2.45, 2.75) is 83.7 Å². The highest BCUT2D eigenvalue weighted by atomic mass is 35.5. The molecule has 2 rings (SSSR count). The number of hydrogen-bond acceptors (Lipinski definition) is 3. The van der Waals surface area contributed by atoms with E-state index in [2.05, 4.69) is 6.92 Å². The molecule has 36 heavy (non-hydrogen) atoms. The second kappa shape index (κ2) is 15.1. The Morgan fingerprint density at radius 1 is 1.00 bits per heavy atom. The van der Waals surface area contributed by atoms with Gasteiger partial charge in [-0.3, -0.25) is 4.79 Å². The van der Waals surface area contributed by atoms with Gasteiger partial charge in [-0.15, -0.1) is 0 Å². The van der Waals surface area contributed by atoms with Crippen molar-refractivity contribution >= 4 is 17.5 Å². The molecule has 3 N–H and O–H groups in total. The van der Waals surface area contributed by atoms with Crippen LogP contribution in [-0.4, -0.2) is 24.2 Å². The van der Waals surface area contributed by atoms with E-state index < -0.39 is 30.0 Å². The van der Waals surface area contributed by atoms with Crippen molar-refractivity contribution in [3.63, 3.8) is 0 Å². The van der Waals surface area contributed by atoms with Crippen LogP contribution in [0.1, 0.15) is 92.6 Å². The van der Waals surface area contributed by atoms with Gasteiger partial charge < -0.3 is 15.6 Å². The van der Waals surface area contributed by atoms with Gasteiger partial charge in [-0.2, -0.15) is 13.2 Å². The molecule has 0 fully saturated rings. The molecule has 0 aliphatic rings. The maximum Gasteiger partial charge on any atom is 0.420 e. The number of primary amides is 1. The van der Waals surface area contributed by atoms with E-state index in [9.17, 15) is 23.1 Å². The molecule has 0 saturated carbocycles. The summed E-state index contributed by atoms with van der Waals surface area (Å²) < 4.78 is 47.5. The number of amides is 1. The lowest BCUT2D eigenvalue weighted by Gasteiger charge is -2.23. The first-order chi connectivity index (χ1) is 17.2. The van der Waals surface area contributed by atoms with E-state index in [1.165, 1.54) is 44.6 Å². The van der Waals surface area contributed by atoms with Crippen LogP contribution in [-0.2, 0) is 12.6 Å². The van der Waals surface area contributed by atoms with E-state index in [-0.39, 0.29) is 17.7 Å². The van der Waals surface area contributed by atoms with Crippen LogP contribution >= 0.6 is 11.6 Å². The number of carbonyl (C=O) groups excluding carboxylic acids is 1. The maximum atomic E-state index is 14.0. The van der Waals surface area contributed by atoms with Gasteiger partial charge in [0.1, 0.15) is 12.4 Å². The number of ether oxygens (including phenoxy) is 1. The molecule has 2 aromatic rings. The summed E-state index contributed by atoms with van der Waals surface area (Å²) in [6.45, 7) is 1.40. The SMILES string of the molecule is CCCCCCCCCCCCc1c(C(N)=O)cc(C(F)(F)F)c(OCCO)c1-c1cccc(Cl)c1. The number of aliphatic hydroxyl groups excluding tert-OH is 1. The zero-order chi connectivity index (χ0) is 26.6. The van der Waals surface area contributed by atoms with Crippen LogP contribution < -0.4 is 10.5 Å². The van der Waals surface area contributed by atoms with Gasteiger partial charge in [-0.1, -0.05) is 88.4 Å². The van der Waals surface area contributed by atoms with Crippen molar-refractivity contribution in [1.29, 1.82) is 0 Å². The number of carbonyl (C=O) groups is 1. The number of halogens is 4. The largest absolute Gasteiger partial charge is 0.490 e. The van der Waals surface area contributed by atoms with Crippen molar-refractivity contribution < 1.29 is 27.8 Å². The predicted octanol–water partition coefficient (Wildman–Crippen LogP) is 7.96. The van der Waals surface area contributed by atoms with Gasteiger partial charge in [0.25, 0.3) is 0 Å². The molecule has 0 spiro atoms. The molecule has 4 nitrogen and oxygen atoms in total. The van der Waals surface area contributed by atoms with Crippen LogP contribution in [0.15, 0.2) is 30.3 Å². The third-order valence-corrected chi connectivity index (χ3v) is 6.42. The van der Waals surface area contributed by atoms with E-state index >= 15 is 0 Å². The number of alkyl halides is 3. The van der Waals surface area contributed by atoms with E-state index in [0.29, 0.717) is 29.0 Å². The average molecular weight is 528 g/mol. The zero-order valence-corrected chi connectivity index (χ0v) is 21.7. The number of hydrogen-bond donors (Lipinski definition) is 2. The smallest absolute Gasteiger partial charge is 0.420 e. The standard InChI is InChI=1S/C28H37ClF3NO3/c1-2-3-4-5-6-7-8-9-10-11-15-22-23(27(33)35)19-24(28(30,31)32)26(36-17-16-34)25(22)20-13-12-14-21(29)18-20/h12-14,18-19,34H,2-11,15-17H2,1H3,(H2,33,35). The summed E-state index contributed by atoms with van der Waals surface area (Å²) in [7, 11) is 0. The third kappa shape index (κ3) is 9.00. The Kier molecular flexibility index (Phi) is 12.6. The molecule has 0 atom stereocenters. The Labute approximate surface area is 217 Å². The lowest BCUT2D eigenvalue weighted by Crippen LogP contribution is -2.19. The average Bonchev–Trinajstić information content (AvgIpc) is 2.82. The van der Waals surface area contributed by atoms with Crippen LogP contribution in [0.4, 0.5) is 13.2 Å². The highest BCUT2D eigenvalue weighted by molar-refractivity contribution is 6.30. The van der Waals surface area contributed by atoms with E-state index in [4.69, 9.17) is 22.1 Å². The van der Waals surface area contributed by atoms with Gasteiger partial charge >= 0.3 is 6.18 Å². The Bertz CT molecular complexity index is 979. The molecule has 0 saturated heterocycles. The molecule has 2 aromatic carbocycles. The number of benzene rings is 2. The van der Waals surface area contributed by atoms with Crippen molar-refractivity contribution in [1.82, 2.24) is 0 Å². The Morgan fingerprint density at radius 2 is 1.61 bits per heavy atom. The van der Waals surface area contributed by atoms with Gasteiger partial charge in [-0.25, -0.2) is 0 Å². The summed E-state index contributed by atoms with van der Waals surface area (Å²) in [4.78, 5) is 12.3. The summed E-state index contributed by atoms with van der Waals surface area (Å²) in [5, 5.41) is 9.58. The summed E-state index contributed by atoms with van der Waals surface area (Å²) in [5.41, 5.74) is 5.23. The molecule has 0 radical (unpaired) electrons. The minimum atomic E-state index is -4.79. The summed E-state index contributed by atoms with van der Waals surface area (Å²) in [5.74, 6) is -1.36. The van der Waals surface area contributed by atoms with Crippen molar-refractivity contribution in [3.8, 4) is 16.9 Å². The molecule has 1 amide bonds. The Hall–Kier alpha value is -2.25. The molecule has 0 heterocycles. The third-order valence-electron chi connectivity index (χ3n) is 6.19. The minimum Gasteiger partial charge on any atom is -0.490 e. The molecule has 8 heteroatoms. The van der Waals surface area contributed by atoms with Gasteiger partial charge in [0, 0.05) is 16.1 Å².